The molecule has 0 aliphatic rings. The van der Waals surface area contributed by atoms with Crippen molar-refractivity contribution in [3.05, 3.63) is 58.5 Å². The number of rotatable bonds is 4. The first kappa shape index (κ1) is 17.1. The molecule has 0 fully saturated rings. The lowest BCUT2D eigenvalue weighted by Crippen LogP contribution is -2.22. The third-order valence-electron chi connectivity index (χ3n) is 3.51. The third-order valence-corrected chi connectivity index (χ3v) is 4.22. The molecule has 0 bridgehead atoms. The summed E-state index contributed by atoms with van der Waals surface area (Å²) in [5.41, 5.74) is 0.357. The molecule has 0 aliphatic heterocycles. The Labute approximate surface area is 146 Å². The number of benzene rings is 1. The second-order valence-electron chi connectivity index (χ2n) is 5.14. The molecule has 8 heteroatoms. The van der Waals surface area contributed by atoms with Crippen LogP contribution in [0.5, 0.6) is 0 Å². The summed E-state index contributed by atoms with van der Waals surface area (Å²) in [5, 5.41) is 0.268. The molecule has 0 aliphatic carbocycles. The Morgan fingerprint density at radius 1 is 1.32 bits per heavy atom. The lowest BCUT2D eigenvalue weighted by molar-refractivity contribution is 0.0524. The van der Waals surface area contributed by atoms with Gasteiger partial charge < -0.3 is 9.29 Å². The number of carbonyl (C=O) groups is 1. The smallest absolute Gasteiger partial charge is 0.344 e. The molecule has 25 heavy (non-hydrogen) atoms. The van der Waals surface area contributed by atoms with Gasteiger partial charge >= 0.3 is 11.1 Å². The average molecular weight is 357 g/mol. The van der Waals surface area contributed by atoms with E-state index in [1.165, 1.54) is 18.6 Å². The molecule has 0 radical (unpaired) electrons. The highest BCUT2D eigenvalue weighted by molar-refractivity contribution is 7.90. The van der Waals surface area contributed by atoms with E-state index in [1.54, 1.807) is 11.5 Å². The van der Waals surface area contributed by atoms with Crippen LogP contribution in [-0.2, 0) is 15.9 Å². The van der Waals surface area contributed by atoms with Gasteiger partial charge in [-0.25, -0.2) is 4.79 Å². The average Bonchev–Trinajstić information content (AvgIpc) is 2.62. The Bertz CT molecular complexity index is 986. The Kier molecular flexibility index (Phi) is 4.82. The van der Waals surface area contributed by atoms with E-state index in [1.807, 2.05) is 30.3 Å². The number of nitrogens with zero attached hydrogens (tertiary/aromatic N) is 3. The van der Waals surface area contributed by atoms with Gasteiger partial charge in [-0.05, 0) is 19.1 Å². The maximum atomic E-state index is 12.6. The highest BCUT2D eigenvalue weighted by Crippen LogP contribution is 2.17. The van der Waals surface area contributed by atoms with Crippen LogP contribution in [0.3, 0.4) is 0 Å². The first-order valence-electron chi connectivity index (χ1n) is 7.51. The van der Waals surface area contributed by atoms with Crippen molar-refractivity contribution in [2.24, 2.45) is 0 Å². The molecule has 0 N–H and O–H groups in total. The molecule has 2 heterocycles. The standard InChI is InChI=1S/C17H15N3O4S/c1-3-24-16(22)13-10-20(11-7-5-4-6-8-11)15-12(14(13)21)9-18-17(19-15)25(2)23/h4-10H,3H2,1-2H3. The molecule has 7 nitrogen and oxygen atoms in total. The number of aromatic nitrogens is 3. The van der Waals surface area contributed by atoms with Crippen LogP contribution in [0.2, 0.25) is 0 Å². The quantitative estimate of drug-likeness (QED) is 0.400. The van der Waals surface area contributed by atoms with Crippen molar-refractivity contribution in [1.82, 2.24) is 14.5 Å². The van der Waals surface area contributed by atoms with Crippen LogP contribution in [-0.4, -0.2) is 37.9 Å². The van der Waals surface area contributed by atoms with Crippen molar-refractivity contribution < 1.29 is 14.1 Å². The predicted molar refractivity (Wildman–Crippen MR) is 93.4 cm³/mol. The molecule has 1 aromatic carbocycles. The summed E-state index contributed by atoms with van der Waals surface area (Å²) >= 11 is -1.40. The van der Waals surface area contributed by atoms with Gasteiger partial charge in [-0.3, -0.25) is 9.36 Å². The van der Waals surface area contributed by atoms with Gasteiger partial charge in [0.05, 0.1) is 12.0 Å². The van der Waals surface area contributed by atoms with Crippen LogP contribution in [0, 0.1) is 0 Å². The summed E-state index contributed by atoms with van der Waals surface area (Å²) in [6.07, 6.45) is 4.15. The summed E-state index contributed by atoms with van der Waals surface area (Å²) in [5.74, 6) is -0.706. The van der Waals surface area contributed by atoms with E-state index in [9.17, 15) is 14.1 Å². The van der Waals surface area contributed by atoms with E-state index in [0.717, 1.165) is 0 Å². The summed E-state index contributed by atoms with van der Waals surface area (Å²) in [6, 6.07) is 9.11. The largest absolute Gasteiger partial charge is 0.609 e. The number of fused-ring (bicyclic) bond motifs is 1. The van der Waals surface area contributed by atoms with Crippen LogP contribution in [0.4, 0.5) is 0 Å². The van der Waals surface area contributed by atoms with Crippen LogP contribution in [0.1, 0.15) is 17.3 Å². The minimum absolute atomic E-state index is 0.104. The molecule has 0 saturated heterocycles. The van der Waals surface area contributed by atoms with Gasteiger partial charge in [0.1, 0.15) is 11.8 Å². The van der Waals surface area contributed by atoms with Crippen molar-refractivity contribution in [3.63, 3.8) is 0 Å². The summed E-state index contributed by atoms with van der Waals surface area (Å²) < 4.78 is 18.3. The number of hydrogen-bond acceptors (Lipinski definition) is 6. The minimum Gasteiger partial charge on any atom is -0.609 e. The molecule has 0 saturated carbocycles. The zero-order chi connectivity index (χ0) is 18.0. The van der Waals surface area contributed by atoms with E-state index in [-0.39, 0.29) is 28.4 Å². The molecular formula is C17H15N3O4S. The minimum atomic E-state index is -1.40. The fourth-order valence-electron chi connectivity index (χ4n) is 2.37. The molecule has 0 spiro atoms. The van der Waals surface area contributed by atoms with Gasteiger partial charge in [-0.2, -0.15) is 9.97 Å². The summed E-state index contributed by atoms with van der Waals surface area (Å²) in [7, 11) is 0. The molecule has 128 valence electrons. The van der Waals surface area contributed by atoms with E-state index in [4.69, 9.17) is 4.74 Å². The summed E-state index contributed by atoms with van der Waals surface area (Å²) in [6.45, 7) is 1.83. The number of hydrogen-bond donors (Lipinski definition) is 0. The Morgan fingerprint density at radius 3 is 2.68 bits per heavy atom. The van der Waals surface area contributed by atoms with Crippen molar-refractivity contribution in [2.45, 2.75) is 12.1 Å². The molecule has 0 amide bonds. The van der Waals surface area contributed by atoms with Gasteiger partial charge in [0, 0.05) is 29.3 Å². The predicted octanol–water partition coefficient (Wildman–Crippen LogP) is 1.69. The Morgan fingerprint density at radius 2 is 2.04 bits per heavy atom. The van der Waals surface area contributed by atoms with Crippen LogP contribution >= 0.6 is 0 Å². The second-order valence-corrected chi connectivity index (χ2v) is 6.42. The maximum absolute atomic E-state index is 12.6. The normalized spacial score (nSPS) is 12.1. The topological polar surface area (TPSA) is 97.1 Å². The molecule has 1 atom stereocenters. The van der Waals surface area contributed by atoms with Gasteiger partial charge in [-0.1, -0.05) is 18.2 Å². The van der Waals surface area contributed by atoms with E-state index < -0.39 is 22.6 Å². The van der Waals surface area contributed by atoms with Crippen molar-refractivity contribution >= 4 is 28.2 Å². The first-order valence-corrected chi connectivity index (χ1v) is 9.07. The van der Waals surface area contributed by atoms with Crippen LogP contribution in [0.15, 0.2) is 52.7 Å². The highest BCUT2D eigenvalue weighted by atomic mass is 32.2. The lowest BCUT2D eigenvalue weighted by atomic mass is 10.2. The fraction of sp³-hybridized carbons (Fsp3) is 0.176. The number of para-hydroxylation sites is 1. The molecule has 1 unspecified atom stereocenters. The van der Waals surface area contributed by atoms with E-state index in [0.29, 0.717) is 5.69 Å². The number of pyridine rings is 1. The van der Waals surface area contributed by atoms with Gasteiger partial charge in [-0.15, -0.1) is 0 Å². The SMILES string of the molecule is CCOC(=O)c1cn(-c2ccccc2)c2nc([S+](C)[O-])ncc2c1=O. The van der Waals surface area contributed by atoms with Crippen molar-refractivity contribution in [3.8, 4) is 5.69 Å². The van der Waals surface area contributed by atoms with Crippen LogP contribution in [0.25, 0.3) is 16.7 Å². The second kappa shape index (κ2) is 7.04. The number of esters is 1. The number of ether oxygens (including phenoxy) is 1. The van der Waals surface area contributed by atoms with Gasteiger partial charge in [0.15, 0.2) is 5.65 Å². The monoisotopic (exact) mass is 357 g/mol. The molecule has 2 aromatic heterocycles. The van der Waals surface area contributed by atoms with Crippen molar-refractivity contribution in [1.29, 1.82) is 0 Å². The summed E-state index contributed by atoms with van der Waals surface area (Å²) in [4.78, 5) is 33.0. The highest BCUT2D eigenvalue weighted by Gasteiger charge is 2.20. The van der Waals surface area contributed by atoms with E-state index >= 15 is 0 Å². The number of carbonyl (C=O) groups excluding carboxylic acids is 1. The third kappa shape index (κ3) is 3.26. The van der Waals surface area contributed by atoms with E-state index in [2.05, 4.69) is 9.97 Å². The van der Waals surface area contributed by atoms with Crippen molar-refractivity contribution in [2.75, 3.05) is 12.9 Å². The zero-order valence-electron chi connectivity index (χ0n) is 13.6. The van der Waals surface area contributed by atoms with Gasteiger partial charge in [0.25, 0.3) is 0 Å². The molecule has 3 aromatic rings. The lowest BCUT2D eigenvalue weighted by Gasteiger charge is -2.13. The Balaban J connectivity index is 2.36. The maximum Gasteiger partial charge on any atom is 0.344 e. The zero-order valence-corrected chi connectivity index (χ0v) is 14.4. The first-order chi connectivity index (χ1) is 12.0. The molecular weight excluding hydrogens is 342 g/mol. The fourth-order valence-corrected chi connectivity index (χ4v) is 2.79. The van der Waals surface area contributed by atoms with Crippen LogP contribution < -0.4 is 5.43 Å². The Hall–Kier alpha value is -2.71. The van der Waals surface area contributed by atoms with Gasteiger partial charge in [0.2, 0.25) is 5.43 Å². The molecule has 3 rings (SSSR count).